The van der Waals surface area contributed by atoms with Crippen molar-refractivity contribution in [2.45, 2.75) is 33.4 Å². The molecule has 0 saturated carbocycles. The van der Waals surface area contributed by atoms with Crippen LogP contribution in [0.15, 0.2) is 16.8 Å². The van der Waals surface area contributed by atoms with E-state index in [9.17, 15) is 0 Å². The molecule has 2 rings (SSSR count). The van der Waals surface area contributed by atoms with Crippen molar-refractivity contribution >= 4 is 11.8 Å². The van der Waals surface area contributed by atoms with E-state index >= 15 is 0 Å². The molecule has 8 heteroatoms. The minimum Gasteiger partial charge on any atom is -0.370 e. The van der Waals surface area contributed by atoms with Crippen LogP contribution >= 0.6 is 0 Å². The Morgan fingerprint density at radius 3 is 2.58 bits per heavy atom. The second kappa shape index (κ2) is 8.05. The Morgan fingerprint density at radius 2 is 1.92 bits per heavy atom. The SMILES string of the molecule is CC(C)CO[C@H](C)c1noc(CN(C)c2ccnc(N(C)C)n2)n1. The van der Waals surface area contributed by atoms with E-state index in [4.69, 9.17) is 9.26 Å². The number of hydrogen-bond acceptors (Lipinski definition) is 8. The van der Waals surface area contributed by atoms with Crippen molar-refractivity contribution in [3.8, 4) is 0 Å². The number of hydrogen-bond donors (Lipinski definition) is 0. The molecule has 0 aliphatic heterocycles. The van der Waals surface area contributed by atoms with Gasteiger partial charge in [0, 0.05) is 33.9 Å². The lowest BCUT2D eigenvalue weighted by atomic mass is 10.2. The van der Waals surface area contributed by atoms with Gasteiger partial charge in [0.15, 0.2) is 5.82 Å². The topological polar surface area (TPSA) is 80.4 Å². The zero-order valence-corrected chi connectivity index (χ0v) is 15.2. The highest BCUT2D eigenvalue weighted by atomic mass is 16.5. The summed E-state index contributed by atoms with van der Waals surface area (Å²) in [5.74, 6) is 3.00. The summed E-state index contributed by atoms with van der Waals surface area (Å²) < 4.78 is 11.0. The highest BCUT2D eigenvalue weighted by Gasteiger charge is 2.16. The lowest BCUT2D eigenvalue weighted by Gasteiger charge is -2.17. The van der Waals surface area contributed by atoms with Crippen LogP contribution < -0.4 is 9.80 Å². The second-order valence-electron chi connectivity index (χ2n) is 6.38. The zero-order valence-electron chi connectivity index (χ0n) is 15.2. The summed E-state index contributed by atoms with van der Waals surface area (Å²) in [4.78, 5) is 16.9. The fourth-order valence-electron chi connectivity index (χ4n) is 1.96. The molecule has 0 N–H and O–H groups in total. The van der Waals surface area contributed by atoms with Gasteiger partial charge in [0.2, 0.25) is 11.8 Å². The third-order valence-corrected chi connectivity index (χ3v) is 3.32. The predicted molar refractivity (Wildman–Crippen MR) is 92.0 cm³/mol. The maximum Gasteiger partial charge on any atom is 0.246 e. The van der Waals surface area contributed by atoms with E-state index in [2.05, 4.69) is 34.0 Å². The molecule has 0 amide bonds. The molecule has 8 nitrogen and oxygen atoms in total. The highest BCUT2D eigenvalue weighted by Crippen LogP contribution is 2.17. The van der Waals surface area contributed by atoms with Crippen molar-refractivity contribution in [3.05, 3.63) is 24.0 Å². The average Bonchev–Trinajstić information content (AvgIpc) is 3.01. The van der Waals surface area contributed by atoms with Crippen molar-refractivity contribution < 1.29 is 9.26 Å². The summed E-state index contributed by atoms with van der Waals surface area (Å²) in [6, 6.07) is 1.85. The van der Waals surface area contributed by atoms with E-state index in [1.807, 2.05) is 43.9 Å². The molecule has 1 atom stereocenters. The summed E-state index contributed by atoms with van der Waals surface area (Å²) in [6.07, 6.45) is 1.55. The molecule has 2 aromatic heterocycles. The maximum atomic E-state index is 5.71. The van der Waals surface area contributed by atoms with E-state index < -0.39 is 0 Å². The summed E-state index contributed by atoms with van der Waals surface area (Å²) in [7, 11) is 5.73. The van der Waals surface area contributed by atoms with Crippen LogP contribution in [0.2, 0.25) is 0 Å². The molecule has 0 aliphatic carbocycles. The molecule has 0 unspecified atom stereocenters. The molecule has 2 heterocycles. The lowest BCUT2D eigenvalue weighted by Crippen LogP contribution is -2.20. The number of anilines is 2. The zero-order chi connectivity index (χ0) is 17.7. The molecular formula is C16H26N6O2. The second-order valence-corrected chi connectivity index (χ2v) is 6.38. The van der Waals surface area contributed by atoms with Crippen molar-refractivity contribution in [2.75, 3.05) is 37.5 Å². The number of ether oxygens (including phenoxy) is 1. The van der Waals surface area contributed by atoms with Gasteiger partial charge in [-0.2, -0.15) is 9.97 Å². The summed E-state index contributed by atoms with van der Waals surface area (Å²) >= 11 is 0. The maximum absolute atomic E-state index is 5.71. The molecule has 2 aromatic rings. The van der Waals surface area contributed by atoms with Gasteiger partial charge in [-0.15, -0.1) is 0 Å². The van der Waals surface area contributed by atoms with E-state index in [-0.39, 0.29) is 6.10 Å². The first-order valence-corrected chi connectivity index (χ1v) is 8.02. The molecule has 0 spiro atoms. The summed E-state index contributed by atoms with van der Waals surface area (Å²) in [5, 5.41) is 4.01. The van der Waals surface area contributed by atoms with Crippen LogP contribution in [0, 0.1) is 5.92 Å². The van der Waals surface area contributed by atoms with Crippen molar-refractivity contribution in [1.82, 2.24) is 20.1 Å². The Kier molecular flexibility index (Phi) is 6.08. The van der Waals surface area contributed by atoms with E-state index in [1.165, 1.54) is 0 Å². The van der Waals surface area contributed by atoms with Gasteiger partial charge in [0.1, 0.15) is 11.9 Å². The van der Waals surface area contributed by atoms with Crippen LogP contribution in [-0.4, -0.2) is 47.9 Å². The minimum atomic E-state index is -0.186. The van der Waals surface area contributed by atoms with Crippen LogP contribution in [0.5, 0.6) is 0 Å². The van der Waals surface area contributed by atoms with E-state index in [0.717, 1.165) is 5.82 Å². The molecule has 0 aliphatic rings. The standard InChI is InChI=1S/C16H26N6O2/c1-11(2)10-23-12(3)15-19-14(24-20-15)9-22(6)13-7-8-17-16(18-13)21(4)5/h7-8,11-12H,9-10H2,1-6H3/t12-/m1/s1. The Balaban J connectivity index is 2.00. The van der Waals surface area contributed by atoms with Crippen LogP contribution in [-0.2, 0) is 11.3 Å². The Labute approximate surface area is 142 Å². The van der Waals surface area contributed by atoms with Gasteiger partial charge in [-0.3, -0.25) is 0 Å². The van der Waals surface area contributed by atoms with Gasteiger partial charge in [-0.05, 0) is 18.9 Å². The molecule has 0 aromatic carbocycles. The van der Waals surface area contributed by atoms with Gasteiger partial charge in [0.25, 0.3) is 0 Å². The highest BCUT2D eigenvalue weighted by molar-refractivity contribution is 5.42. The number of rotatable bonds is 8. The third-order valence-electron chi connectivity index (χ3n) is 3.32. The Morgan fingerprint density at radius 1 is 1.17 bits per heavy atom. The quantitative estimate of drug-likeness (QED) is 0.727. The van der Waals surface area contributed by atoms with Gasteiger partial charge in [-0.1, -0.05) is 19.0 Å². The first-order valence-electron chi connectivity index (χ1n) is 8.02. The van der Waals surface area contributed by atoms with Gasteiger partial charge in [0.05, 0.1) is 6.54 Å². The lowest BCUT2D eigenvalue weighted by molar-refractivity contribution is 0.0402. The van der Waals surface area contributed by atoms with Crippen molar-refractivity contribution in [1.29, 1.82) is 0 Å². The third kappa shape index (κ3) is 4.89. The largest absolute Gasteiger partial charge is 0.370 e. The molecule has 24 heavy (non-hydrogen) atoms. The number of aromatic nitrogens is 4. The van der Waals surface area contributed by atoms with Crippen LogP contribution in [0.3, 0.4) is 0 Å². The van der Waals surface area contributed by atoms with Crippen LogP contribution in [0.25, 0.3) is 0 Å². The Bertz CT molecular complexity index is 643. The van der Waals surface area contributed by atoms with Crippen molar-refractivity contribution in [3.63, 3.8) is 0 Å². The average molecular weight is 334 g/mol. The molecule has 0 bridgehead atoms. The summed E-state index contributed by atoms with van der Waals surface area (Å²) in [5.41, 5.74) is 0. The van der Waals surface area contributed by atoms with E-state index in [1.54, 1.807) is 6.20 Å². The monoisotopic (exact) mass is 334 g/mol. The number of nitrogens with zero attached hydrogens (tertiary/aromatic N) is 6. The fourth-order valence-corrected chi connectivity index (χ4v) is 1.96. The molecule has 0 fully saturated rings. The van der Waals surface area contributed by atoms with E-state index in [0.29, 0.717) is 36.7 Å². The van der Waals surface area contributed by atoms with Gasteiger partial charge in [-0.25, -0.2) is 4.98 Å². The molecule has 0 radical (unpaired) electrons. The first-order chi connectivity index (χ1) is 11.4. The molecular weight excluding hydrogens is 308 g/mol. The smallest absolute Gasteiger partial charge is 0.246 e. The first kappa shape index (κ1) is 18.1. The molecule has 0 saturated heterocycles. The molecule has 132 valence electrons. The van der Waals surface area contributed by atoms with Crippen molar-refractivity contribution in [2.24, 2.45) is 5.92 Å². The van der Waals surface area contributed by atoms with Crippen LogP contribution in [0.4, 0.5) is 11.8 Å². The fraction of sp³-hybridized carbons (Fsp3) is 0.625. The Hall–Kier alpha value is -2.22. The van der Waals surface area contributed by atoms with Gasteiger partial charge >= 0.3 is 0 Å². The van der Waals surface area contributed by atoms with Gasteiger partial charge < -0.3 is 19.1 Å². The van der Waals surface area contributed by atoms with Crippen LogP contribution in [0.1, 0.15) is 38.6 Å². The summed E-state index contributed by atoms with van der Waals surface area (Å²) in [6.45, 7) is 7.27. The predicted octanol–water partition coefficient (Wildman–Crippen LogP) is 2.30. The minimum absolute atomic E-state index is 0.186. The normalized spacial score (nSPS) is 12.5.